The lowest BCUT2D eigenvalue weighted by molar-refractivity contribution is 0.0651. The van der Waals surface area contributed by atoms with E-state index in [4.69, 9.17) is 0 Å². The second kappa shape index (κ2) is 8.08. The highest BCUT2D eigenvalue weighted by Gasteiger charge is 2.25. The molecule has 0 fully saturated rings. The van der Waals surface area contributed by atoms with E-state index in [9.17, 15) is 4.79 Å². The predicted octanol–water partition coefficient (Wildman–Crippen LogP) is 3.95. The Kier molecular flexibility index (Phi) is 5.19. The van der Waals surface area contributed by atoms with Gasteiger partial charge in [-0.05, 0) is 37.5 Å². The number of fused-ring (bicyclic) bond motifs is 1. The van der Waals surface area contributed by atoms with Crippen molar-refractivity contribution in [2.24, 2.45) is 0 Å². The lowest BCUT2D eigenvalue weighted by Gasteiger charge is -2.28. The number of H-pyrrole nitrogens is 2. The zero-order valence-electron chi connectivity index (χ0n) is 15.8. The maximum absolute atomic E-state index is 13.3. The molecule has 0 aliphatic heterocycles. The van der Waals surface area contributed by atoms with Crippen molar-refractivity contribution in [3.05, 3.63) is 84.2 Å². The Hall–Kier alpha value is -3.41. The Labute approximate surface area is 163 Å². The van der Waals surface area contributed by atoms with E-state index in [1.807, 2.05) is 47.4 Å². The van der Waals surface area contributed by atoms with Gasteiger partial charge in [-0.25, -0.2) is 9.97 Å². The minimum absolute atomic E-state index is 0.0334. The highest BCUT2D eigenvalue weighted by atomic mass is 16.2. The molecular formula is C22H23N5O. The summed E-state index contributed by atoms with van der Waals surface area (Å²) in [6, 6.07) is 18.0. The van der Waals surface area contributed by atoms with Gasteiger partial charge in [0.15, 0.2) is 5.82 Å². The van der Waals surface area contributed by atoms with E-state index in [1.165, 1.54) is 5.56 Å². The standard InChI is InChI=1S/C22H23N5O/c1-16(11-12-17-7-3-2-4-8-17)27(15-20-23-13-14-24-20)22(28)21-25-18-9-5-6-10-19(18)26-21/h2-10,13-14,16H,11-12,15H2,1H3,(H,23,24)(H,25,26). The average molecular weight is 373 g/mol. The summed E-state index contributed by atoms with van der Waals surface area (Å²) < 4.78 is 0. The van der Waals surface area contributed by atoms with Gasteiger partial charge in [0.25, 0.3) is 5.91 Å². The van der Waals surface area contributed by atoms with Crippen molar-refractivity contribution in [2.75, 3.05) is 0 Å². The number of hydrogen-bond acceptors (Lipinski definition) is 3. The van der Waals surface area contributed by atoms with Gasteiger partial charge in [0.05, 0.1) is 17.6 Å². The first-order valence-electron chi connectivity index (χ1n) is 9.48. The molecule has 4 rings (SSSR count). The molecule has 0 bridgehead atoms. The van der Waals surface area contributed by atoms with Gasteiger partial charge in [-0.15, -0.1) is 0 Å². The lowest BCUT2D eigenvalue weighted by atomic mass is 10.0. The third-order valence-electron chi connectivity index (χ3n) is 4.95. The molecular weight excluding hydrogens is 350 g/mol. The number of amides is 1. The molecule has 6 heteroatoms. The molecule has 142 valence electrons. The number of benzene rings is 2. The van der Waals surface area contributed by atoms with Gasteiger partial charge in [-0.3, -0.25) is 4.79 Å². The van der Waals surface area contributed by atoms with E-state index in [1.54, 1.807) is 12.4 Å². The number of carbonyl (C=O) groups excluding carboxylic acids is 1. The van der Waals surface area contributed by atoms with Crippen LogP contribution in [0.4, 0.5) is 0 Å². The maximum atomic E-state index is 13.3. The number of aryl methyl sites for hydroxylation is 1. The van der Waals surface area contributed by atoms with Crippen LogP contribution in [0.3, 0.4) is 0 Å². The van der Waals surface area contributed by atoms with Crippen molar-refractivity contribution in [3.8, 4) is 0 Å². The number of aromatic nitrogens is 4. The Morgan fingerprint density at radius 2 is 1.89 bits per heavy atom. The largest absolute Gasteiger partial charge is 0.347 e. The third kappa shape index (κ3) is 3.96. The van der Waals surface area contributed by atoms with Crippen LogP contribution in [0, 0.1) is 0 Å². The van der Waals surface area contributed by atoms with Gasteiger partial charge in [0, 0.05) is 18.4 Å². The van der Waals surface area contributed by atoms with Crippen LogP contribution in [0.2, 0.25) is 0 Å². The van der Waals surface area contributed by atoms with E-state index in [2.05, 4.69) is 39.0 Å². The first-order valence-corrected chi connectivity index (χ1v) is 9.48. The zero-order chi connectivity index (χ0) is 19.3. The highest BCUT2D eigenvalue weighted by Crippen LogP contribution is 2.17. The summed E-state index contributed by atoms with van der Waals surface area (Å²) in [6.07, 6.45) is 5.24. The number of carbonyl (C=O) groups is 1. The number of hydrogen-bond donors (Lipinski definition) is 2. The summed E-state index contributed by atoms with van der Waals surface area (Å²) in [7, 11) is 0. The Morgan fingerprint density at radius 3 is 2.64 bits per heavy atom. The topological polar surface area (TPSA) is 77.7 Å². The van der Waals surface area contributed by atoms with Crippen molar-refractivity contribution in [2.45, 2.75) is 32.4 Å². The molecule has 0 saturated heterocycles. The average Bonchev–Trinajstić information content (AvgIpc) is 3.40. The molecule has 1 unspecified atom stereocenters. The molecule has 6 nitrogen and oxygen atoms in total. The van der Waals surface area contributed by atoms with Crippen LogP contribution in [-0.4, -0.2) is 36.8 Å². The highest BCUT2D eigenvalue weighted by molar-refractivity contribution is 5.94. The molecule has 2 heterocycles. The van der Waals surface area contributed by atoms with Crippen LogP contribution < -0.4 is 0 Å². The van der Waals surface area contributed by atoms with E-state index in [0.717, 1.165) is 29.7 Å². The van der Waals surface area contributed by atoms with Gasteiger partial charge in [0.1, 0.15) is 5.82 Å². The van der Waals surface area contributed by atoms with Crippen molar-refractivity contribution < 1.29 is 4.79 Å². The Bertz CT molecular complexity index is 1010. The number of rotatable bonds is 7. The summed E-state index contributed by atoms with van der Waals surface area (Å²) in [6.45, 7) is 2.49. The molecule has 0 radical (unpaired) electrons. The SMILES string of the molecule is CC(CCc1ccccc1)N(Cc1ncc[nH]1)C(=O)c1nc2ccccc2[nH]1. The quantitative estimate of drug-likeness (QED) is 0.515. The minimum Gasteiger partial charge on any atom is -0.347 e. The van der Waals surface area contributed by atoms with E-state index >= 15 is 0 Å². The Morgan fingerprint density at radius 1 is 1.11 bits per heavy atom. The molecule has 0 aliphatic rings. The summed E-state index contributed by atoms with van der Waals surface area (Å²) in [4.78, 5) is 30.1. The van der Waals surface area contributed by atoms with Gasteiger partial charge in [-0.2, -0.15) is 0 Å². The summed E-state index contributed by atoms with van der Waals surface area (Å²) in [5.41, 5.74) is 2.92. The van der Waals surface area contributed by atoms with Crippen LogP contribution in [0.25, 0.3) is 11.0 Å². The van der Waals surface area contributed by atoms with Gasteiger partial charge in [-0.1, -0.05) is 42.5 Å². The predicted molar refractivity (Wildman–Crippen MR) is 109 cm³/mol. The molecule has 1 atom stereocenters. The van der Waals surface area contributed by atoms with E-state index < -0.39 is 0 Å². The van der Waals surface area contributed by atoms with Crippen LogP contribution in [-0.2, 0) is 13.0 Å². The number of imidazole rings is 2. The van der Waals surface area contributed by atoms with Crippen molar-refractivity contribution in [1.82, 2.24) is 24.8 Å². The smallest absolute Gasteiger partial charge is 0.290 e. The molecule has 0 saturated carbocycles. The minimum atomic E-state index is -0.117. The van der Waals surface area contributed by atoms with Gasteiger partial charge >= 0.3 is 0 Å². The molecule has 2 aromatic carbocycles. The second-order valence-corrected chi connectivity index (χ2v) is 6.94. The summed E-state index contributed by atoms with van der Waals surface area (Å²) >= 11 is 0. The molecule has 0 spiro atoms. The van der Waals surface area contributed by atoms with Crippen LogP contribution in [0.15, 0.2) is 67.0 Å². The first-order chi connectivity index (χ1) is 13.7. The fourth-order valence-electron chi connectivity index (χ4n) is 3.34. The zero-order valence-corrected chi connectivity index (χ0v) is 15.8. The van der Waals surface area contributed by atoms with E-state index in [-0.39, 0.29) is 11.9 Å². The maximum Gasteiger partial charge on any atom is 0.290 e. The fraction of sp³-hybridized carbons (Fsp3) is 0.227. The molecule has 4 aromatic rings. The van der Waals surface area contributed by atoms with Crippen LogP contribution >= 0.6 is 0 Å². The number of nitrogens with one attached hydrogen (secondary N) is 2. The van der Waals surface area contributed by atoms with Crippen molar-refractivity contribution in [1.29, 1.82) is 0 Å². The van der Waals surface area contributed by atoms with Gasteiger partial charge < -0.3 is 14.9 Å². The van der Waals surface area contributed by atoms with Gasteiger partial charge in [0.2, 0.25) is 0 Å². The molecule has 0 aliphatic carbocycles. The third-order valence-corrected chi connectivity index (χ3v) is 4.95. The number of aromatic amines is 2. The fourth-order valence-corrected chi connectivity index (χ4v) is 3.34. The monoisotopic (exact) mass is 373 g/mol. The van der Waals surface area contributed by atoms with E-state index in [0.29, 0.717) is 12.4 Å². The Balaban J connectivity index is 1.55. The molecule has 2 aromatic heterocycles. The summed E-state index contributed by atoms with van der Waals surface area (Å²) in [5, 5.41) is 0. The lowest BCUT2D eigenvalue weighted by Crippen LogP contribution is -2.39. The summed E-state index contributed by atoms with van der Waals surface area (Å²) in [5.74, 6) is 1.00. The van der Waals surface area contributed by atoms with Crippen LogP contribution in [0.1, 0.15) is 35.4 Å². The normalized spacial score (nSPS) is 12.2. The number of nitrogens with zero attached hydrogens (tertiary/aromatic N) is 3. The first kappa shape index (κ1) is 18.0. The molecule has 2 N–H and O–H groups in total. The molecule has 28 heavy (non-hydrogen) atoms. The van der Waals surface area contributed by atoms with Crippen molar-refractivity contribution in [3.63, 3.8) is 0 Å². The van der Waals surface area contributed by atoms with Crippen molar-refractivity contribution >= 4 is 16.9 Å². The molecule has 1 amide bonds. The second-order valence-electron chi connectivity index (χ2n) is 6.94. The number of para-hydroxylation sites is 2. The van der Waals surface area contributed by atoms with Crippen LogP contribution in [0.5, 0.6) is 0 Å².